The highest BCUT2D eigenvalue weighted by atomic mass is 79.9. The van der Waals surface area contributed by atoms with Gasteiger partial charge in [-0.2, -0.15) is 0 Å². The molecule has 35 nitrogen and oxygen atoms in total. The molecule has 7 heterocycles. The molecule has 9 aromatic rings. The largest absolute Gasteiger partial charge is 0.468 e. The second kappa shape index (κ2) is 42.5. The number of methoxy groups -OCH3 is 5. The Hall–Kier alpha value is -15.4. The Morgan fingerprint density at radius 3 is 1.26 bits per heavy atom. The standard InChI is InChI=1S/C22H19N3O6.C17H12BrNO4.C17H13NO4.C13H13N3O3.C9H9BrO2.C8H5NO2.C6H12N2O3/c1-31-22(30)17(9-10-18(23)26)24-11-15-14(19(24)27)7-4-8-16(15)25-20(28)12-5-2-3-6-13(12)21(25)29;1-23-17(22)12-7-4-8-14(13(12)9-18)19-15(20)10-5-2-3-6-11(10)16(19)21;1-10-11(17(21)22-2)8-5-9-14(10)18-15(19)12-6-3-4-7-13(12)16(18)20;14-9-3-1-2-7-8(9)6-16(13(7)19)10-4-5-11(17)15-12(10)18;1-6-7(9(11)12-2)4-3-5-8(6)10;10-7-5-3-1-2-4-6(5)8(11)9-7;1-11-6(10)4(7)2-3-5(8)9/h2-8,17H,9-11H2,1H3,(H2,23,26);2-8H,9H2,1H3;3-9H,1-2H3;1-3,10H,4-6,14H2,(H,15,17,18);3-5H,1-2H3;1-4H,(H,9,10,11);4H,2-3,7H2,1H3,(H2,8,9)/i25+1;19+1;18+1;14+1;;9+1;. The molecule has 664 valence electrons. The normalized spacial score (nSPS) is 14.9. The first-order valence-electron chi connectivity index (χ1n) is 39.2. The first-order valence-corrected chi connectivity index (χ1v) is 41.1. The number of hydrogen-bond acceptors (Lipinski definition) is 26. The highest BCUT2D eigenvalue weighted by Gasteiger charge is 2.45. The van der Waals surface area contributed by atoms with Crippen molar-refractivity contribution in [3.63, 3.8) is 0 Å². The van der Waals surface area contributed by atoms with E-state index in [1.165, 1.54) is 45.3 Å². The van der Waals surface area contributed by atoms with Crippen LogP contribution in [0.5, 0.6) is 0 Å². The Labute approximate surface area is 752 Å². The van der Waals surface area contributed by atoms with Crippen molar-refractivity contribution in [3.8, 4) is 0 Å². The summed E-state index contributed by atoms with van der Waals surface area (Å²) in [5, 5.41) is 4.78. The van der Waals surface area contributed by atoms with Gasteiger partial charge in [0, 0.05) is 75.7 Å². The minimum Gasteiger partial charge on any atom is -0.468 e. The van der Waals surface area contributed by atoms with Crippen molar-refractivity contribution in [1.82, 2.24) is 20.4 Å². The van der Waals surface area contributed by atoms with Crippen LogP contribution in [0.25, 0.3) is 0 Å². The van der Waals surface area contributed by atoms with Gasteiger partial charge in [-0.25, -0.2) is 33.9 Å². The number of rotatable bonds is 17. The molecule has 0 spiro atoms. The fourth-order valence-electron chi connectivity index (χ4n) is 14.5. The van der Waals surface area contributed by atoms with Gasteiger partial charge in [0.1, 0.15) is 18.1 Å². The number of alkyl halides is 1. The molecular formula is C92H83Br2N11O24. The van der Waals surface area contributed by atoms with Crippen LogP contribution >= 0.6 is 31.9 Å². The lowest BCUT2D eigenvalue weighted by Gasteiger charge is -2.29. The van der Waals surface area contributed by atoms with Crippen molar-refractivity contribution in [3.05, 3.63) is 293 Å². The zero-order valence-electron chi connectivity index (χ0n) is 70.1. The van der Waals surface area contributed by atoms with Gasteiger partial charge in [-0.05, 0) is 153 Å². The topological polar surface area (TPSA) is 515 Å². The third kappa shape index (κ3) is 20.8. The number of benzene rings is 9. The Bertz CT molecular complexity index is 5990. The van der Waals surface area contributed by atoms with Gasteiger partial charge < -0.3 is 56.4 Å². The number of halogens is 2. The van der Waals surface area contributed by atoms with E-state index < -0.39 is 89.3 Å². The van der Waals surface area contributed by atoms with Gasteiger partial charge in [0.2, 0.25) is 23.6 Å². The van der Waals surface area contributed by atoms with E-state index in [0.717, 1.165) is 30.3 Å². The molecule has 1 saturated heterocycles. The van der Waals surface area contributed by atoms with Crippen molar-refractivity contribution < 1.29 is 115 Å². The third-order valence-electron chi connectivity index (χ3n) is 21.1. The fourth-order valence-corrected chi connectivity index (χ4v) is 15.4. The van der Waals surface area contributed by atoms with Crippen LogP contribution in [-0.4, -0.2) is 176 Å². The number of esters is 5. The van der Waals surface area contributed by atoms with Crippen LogP contribution < -0.4 is 48.3 Å². The Morgan fingerprint density at radius 1 is 0.419 bits per heavy atom. The van der Waals surface area contributed by atoms with E-state index in [0.29, 0.717) is 119 Å². The molecule has 3 unspecified atom stereocenters. The zero-order chi connectivity index (χ0) is 94.1. The molecule has 14 amide bonds. The number of imide groups is 5. The Balaban J connectivity index is 0.000000161. The second-order valence-electron chi connectivity index (χ2n) is 28.8. The first-order chi connectivity index (χ1) is 61.6. The molecule has 0 aliphatic carbocycles. The molecule has 7 aliphatic rings. The molecule has 1 fully saturated rings. The summed E-state index contributed by atoms with van der Waals surface area (Å²) in [5.74, 6) is -8.03. The monoisotopic (exact) mass is 1890 g/mol. The predicted molar refractivity (Wildman–Crippen MR) is 470 cm³/mol. The van der Waals surface area contributed by atoms with Crippen molar-refractivity contribution in [1.29, 1.82) is 0 Å². The number of nitrogens with zero attached hydrogens (tertiary/aromatic N) is 5. The summed E-state index contributed by atoms with van der Waals surface area (Å²) in [4.78, 5) is 231. The average Bonchev–Trinajstić information content (AvgIpc) is 1.59. The number of hydrogen-bond donors (Lipinski definition) is 6. The zero-order valence-corrected chi connectivity index (χ0v) is 73.3. The third-order valence-corrected chi connectivity index (χ3v) is 22.6. The number of anilines is 4. The molecular weight excluding hydrogens is 1810 g/mol. The van der Waals surface area contributed by atoms with Gasteiger partial charge in [0.15, 0.2) is 0 Å². The van der Waals surface area contributed by atoms with E-state index in [1.54, 1.807) is 183 Å². The average molecular weight is 1890 g/mol. The minimum absolute atomic E-state index is 0.00405. The fraction of sp³-hybridized carbons (Fsp3) is 0.207. The van der Waals surface area contributed by atoms with Crippen LogP contribution in [0.3, 0.4) is 0 Å². The van der Waals surface area contributed by atoms with Crippen molar-refractivity contribution in [2.75, 3.05) is 56.0 Å². The Morgan fingerprint density at radius 2 is 0.806 bits per heavy atom. The van der Waals surface area contributed by atoms with Crippen LogP contribution in [0.2, 0.25) is 0 Å². The number of piperidine rings is 1. The predicted octanol–water partition coefficient (Wildman–Crippen LogP) is 8.90. The summed E-state index contributed by atoms with van der Waals surface area (Å²) < 4.78 is 24.2. The van der Waals surface area contributed by atoms with Crippen LogP contribution in [0.15, 0.2) is 193 Å². The maximum Gasteiger partial charge on any atom is 0.338 e. The molecule has 9 aromatic carbocycles. The van der Waals surface area contributed by atoms with Crippen LogP contribution in [-0.2, 0) is 70.9 Å². The lowest BCUT2D eigenvalue weighted by molar-refractivity contribution is -0.146. The molecule has 0 aromatic heterocycles. The van der Waals surface area contributed by atoms with E-state index in [-0.39, 0.29) is 91.3 Å². The SMILES string of the molecule is COC(=O)C(CCC(N)=O)N1Cc2c(cccc2[15N]2C(=O)c3ccccc3C2=O)C1=O.COC(=O)C(N)CCC(N)=O.COC(=O)c1cccc(Br)c1C.COC(=O)c1cccc([15N]2C(=O)c3ccccc3C2=O)c1C.COC(=O)c1cccc([15N]2C(=O)c3ccccc3C2=O)c1CBr.O=C1[15NH]C(=O)c2ccccc21.[15NH2]c1cccc2c1CN(C1CCC(=O)NC1=O)C2=O. The number of nitrogens with one attached hydrogen (secondary N) is 2. The number of amides is 14. The summed E-state index contributed by atoms with van der Waals surface area (Å²) >= 11 is 6.66. The first kappa shape index (κ1) is 95.9. The smallest absolute Gasteiger partial charge is 0.338 e. The number of nitrogen functional groups attached to an aromatic ring is 1. The number of carbonyl (C=O) groups excluding carboxylic acids is 19. The number of ether oxygens (including phenoxy) is 5. The van der Waals surface area contributed by atoms with E-state index in [9.17, 15) is 91.1 Å². The van der Waals surface area contributed by atoms with Crippen LogP contribution in [0.1, 0.15) is 201 Å². The van der Waals surface area contributed by atoms with Gasteiger partial charge in [-0.1, -0.05) is 111 Å². The summed E-state index contributed by atoms with van der Waals surface area (Å²) in [6, 6.07) is 49.3. The van der Waals surface area contributed by atoms with Crippen molar-refractivity contribution in [2.45, 2.75) is 88.9 Å². The second-order valence-corrected chi connectivity index (χ2v) is 30.2. The highest BCUT2D eigenvalue weighted by Crippen LogP contribution is 2.40. The summed E-state index contributed by atoms with van der Waals surface area (Å²) in [6.45, 7) is 3.87. The summed E-state index contributed by atoms with van der Waals surface area (Å²) in [5.41, 5.74) is 31.1. The number of carbonyl (C=O) groups is 19. The minimum atomic E-state index is -1.02. The van der Waals surface area contributed by atoms with Crippen LogP contribution in [0.4, 0.5) is 22.7 Å². The lowest BCUT2D eigenvalue weighted by Crippen LogP contribution is -2.52. The molecule has 0 bridgehead atoms. The number of nitrogens with two attached hydrogens (primary N) is 4. The van der Waals surface area contributed by atoms with E-state index in [2.05, 4.69) is 52.0 Å². The molecule has 0 radical (unpaired) electrons. The molecule has 3 atom stereocenters. The molecule has 0 saturated carbocycles. The van der Waals surface area contributed by atoms with Crippen molar-refractivity contribution in [2.24, 2.45) is 17.2 Å². The van der Waals surface area contributed by atoms with Gasteiger partial charge in [-0.3, -0.25) is 82.6 Å². The summed E-state index contributed by atoms with van der Waals surface area (Å²) in [7, 11) is 6.39. The van der Waals surface area contributed by atoms with E-state index >= 15 is 0 Å². The van der Waals surface area contributed by atoms with E-state index in [4.69, 9.17) is 37.1 Å². The van der Waals surface area contributed by atoms with Gasteiger partial charge in [0.05, 0.1) is 114 Å². The van der Waals surface area contributed by atoms with Crippen molar-refractivity contribution >= 4 is 167 Å². The van der Waals surface area contributed by atoms with Crippen LogP contribution in [0, 0.1) is 13.8 Å². The quantitative estimate of drug-likeness (QED) is 0.0124. The van der Waals surface area contributed by atoms with Gasteiger partial charge in [0.25, 0.3) is 59.1 Å². The molecule has 129 heavy (non-hydrogen) atoms. The maximum atomic E-state index is 13.1. The number of fused-ring (bicyclic) bond motifs is 6. The maximum absolute atomic E-state index is 13.1. The number of primary amides is 2. The lowest BCUT2D eigenvalue weighted by atomic mass is 10.0. The molecule has 10 N–H and O–H groups in total. The van der Waals surface area contributed by atoms with E-state index in [1.807, 2.05) is 19.1 Å². The van der Waals surface area contributed by atoms with Gasteiger partial charge >= 0.3 is 29.8 Å². The summed E-state index contributed by atoms with van der Waals surface area (Å²) in [6.07, 6.45) is 0.865. The molecule has 37 heteroatoms. The molecule has 7 aliphatic heterocycles. The highest BCUT2D eigenvalue weighted by molar-refractivity contribution is 9.10. The molecule has 16 rings (SSSR count). The van der Waals surface area contributed by atoms with Gasteiger partial charge in [-0.15, -0.1) is 0 Å². The Kier molecular flexibility index (Phi) is 31.6.